The van der Waals surface area contributed by atoms with Crippen LogP contribution in [0.4, 0.5) is 8.78 Å². The van der Waals surface area contributed by atoms with Crippen molar-refractivity contribution in [3.63, 3.8) is 0 Å². The van der Waals surface area contributed by atoms with Gasteiger partial charge in [0.15, 0.2) is 0 Å². The second kappa shape index (κ2) is 8.36. The van der Waals surface area contributed by atoms with Crippen molar-refractivity contribution < 1.29 is 22.0 Å². The van der Waals surface area contributed by atoms with E-state index >= 15 is 0 Å². The molecule has 0 aromatic heterocycles. The molecule has 0 N–H and O–H groups in total. The molecule has 0 atom stereocenters. The molecule has 28 heavy (non-hydrogen) atoms. The Kier molecular flexibility index (Phi) is 6.10. The smallest absolute Gasteiger partial charge is 0.243 e. The number of halogens is 2. The van der Waals surface area contributed by atoms with Crippen LogP contribution in [-0.4, -0.2) is 43.7 Å². The van der Waals surface area contributed by atoms with Gasteiger partial charge in [-0.25, -0.2) is 17.2 Å². The maximum absolute atomic E-state index is 13.0. The second-order valence-electron chi connectivity index (χ2n) is 6.95. The maximum Gasteiger partial charge on any atom is 0.243 e. The van der Waals surface area contributed by atoms with Crippen LogP contribution in [0.2, 0.25) is 0 Å². The van der Waals surface area contributed by atoms with E-state index in [1.54, 1.807) is 24.1 Å². The van der Waals surface area contributed by atoms with Gasteiger partial charge >= 0.3 is 0 Å². The van der Waals surface area contributed by atoms with Gasteiger partial charge in [0.1, 0.15) is 11.6 Å². The lowest BCUT2D eigenvalue weighted by atomic mass is 9.96. The van der Waals surface area contributed by atoms with Gasteiger partial charge in [-0.2, -0.15) is 4.31 Å². The van der Waals surface area contributed by atoms with Crippen LogP contribution in [0.15, 0.2) is 53.4 Å². The van der Waals surface area contributed by atoms with E-state index in [0.29, 0.717) is 19.4 Å². The van der Waals surface area contributed by atoms with Gasteiger partial charge in [0.2, 0.25) is 15.9 Å². The number of carbonyl (C=O) groups excluding carboxylic acids is 1. The number of rotatable bonds is 5. The molecule has 1 aliphatic rings. The molecule has 1 aliphatic heterocycles. The van der Waals surface area contributed by atoms with E-state index in [4.69, 9.17) is 0 Å². The topological polar surface area (TPSA) is 57.7 Å². The first-order chi connectivity index (χ1) is 13.3. The van der Waals surface area contributed by atoms with Crippen LogP contribution in [0.5, 0.6) is 0 Å². The number of hydrogen-bond acceptors (Lipinski definition) is 3. The zero-order valence-electron chi connectivity index (χ0n) is 15.5. The summed E-state index contributed by atoms with van der Waals surface area (Å²) < 4.78 is 52.7. The number of nitrogens with zero attached hydrogens (tertiary/aromatic N) is 2. The first-order valence-electron chi connectivity index (χ1n) is 9.02. The van der Waals surface area contributed by atoms with Crippen molar-refractivity contribution in [3.05, 3.63) is 65.7 Å². The molecule has 1 amide bonds. The van der Waals surface area contributed by atoms with Gasteiger partial charge in [0.25, 0.3) is 0 Å². The van der Waals surface area contributed by atoms with Gasteiger partial charge in [-0.1, -0.05) is 12.1 Å². The predicted octanol–water partition coefficient (Wildman–Crippen LogP) is 3.02. The van der Waals surface area contributed by atoms with Crippen LogP contribution >= 0.6 is 0 Å². The maximum atomic E-state index is 13.0. The summed E-state index contributed by atoms with van der Waals surface area (Å²) in [7, 11) is -2.01. The molecule has 0 aliphatic carbocycles. The summed E-state index contributed by atoms with van der Waals surface area (Å²) in [6, 6.07) is 10.7. The summed E-state index contributed by atoms with van der Waals surface area (Å²) in [6.07, 6.45) is 0.847. The number of sulfonamides is 1. The summed E-state index contributed by atoms with van der Waals surface area (Å²) in [5.74, 6) is -1.13. The average molecular weight is 408 g/mol. The minimum atomic E-state index is -3.69. The third-order valence-corrected chi connectivity index (χ3v) is 6.88. The Morgan fingerprint density at radius 3 is 2.04 bits per heavy atom. The second-order valence-corrected chi connectivity index (χ2v) is 8.89. The largest absolute Gasteiger partial charge is 0.341 e. The van der Waals surface area contributed by atoms with Crippen LogP contribution in [0.1, 0.15) is 18.4 Å². The van der Waals surface area contributed by atoms with E-state index < -0.39 is 15.8 Å². The van der Waals surface area contributed by atoms with Crippen LogP contribution in [0, 0.1) is 17.6 Å². The van der Waals surface area contributed by atoms with E-state index in [1.807, 2.05) is 0 Å². The molecule has 1 saturated heterocycles. The molecule has 5 nitrogen and oxygen atoms in total. The minimum Gasteiger partial charge on any atom is -0.341 e. The monoisotopic (exact) mass is 408 g/mol. The number of piperidine rings is 1. The molecular formula is C20H22F2N2O3S. The third kappa shape index (κ3) is 4.56. The quantitative estimate of drug-likeness (QED) is 0.764. The highest BCUT2D eigenvalue weighted by atomic mass is 32.2. The fourth-order valence-corrected chi connectivity index (χ4v) is 4.82. The Labute approximate surface area is 163 Å². The van der Waals surface area contributed by atoms with Crippen molar-refractivity contribution in [1.29, 1.82) is 0 Å². The van der Waals surface area contributed by atoms with E-state index in [-0.39, 0.29) is 35.6 Å². The van der Waals surface area contributed by atoms with Crippen LogP contribution < -0.4 is 0 Å². The van der Waals surface area contributed by atoms with Crippen molar-refractivity contribution in [3.8, 4) is 0 Å². The zero-order chi connectivity index (χ0) is 20.3. The number of amides is 1. The fraction of sp³-hybridized carbons (Fsp3) is 0.350. The third-order valence-electron chi connectivity index (χ3n) is 4.96. The summed E-state index contributed by atoms with van der Waals surface area (Å²) in [4.78, 5) is 14.3. The van der Waals surface area contributed by atoms with Crippen LogP contribution in [0.25, 0.3) is 0 Å². The van der Waals surface area contributed by atoms with Crippen molar-refractivity contribution in [1.82, 2.24) is 9.21 Å². The molecule has 0 radical (unpaired) electrons. The molecule has 0 spiro atoms. The van der Waals surface area contributed by atoms with Crippen LogP contribution in [-0.2, 0) is 21.4 Å². The van der Waals surface area contributed by atoms with Gasteiger partial charge in [0.05, 0.1) is 4.90 Å². The molecule has 3 rings (SSSR count). The minimum absolute atomic E-state index is 0.0482. The van der Waals surface area contributed by atoms with Gasteiger partial charge in [-0.3, -0.25) is 4.79 Å². The highest BCUT2D eigenvalue weighted by Crippen LogP contribution is 2.25. The van der Waals surface area contributed by atoms with E-state index in [9.17, 15) is 22.0 Å². The first kappa shape index (κ1) is 20.4. The average Bonchev–Trinajstić information content (AvgIpc) is 2.69. The molecule has 0 unspecified atom stereocenters. The SMILES string of the molecule is CN(Cc1ccc(F)cc1)C(=O)C1CCN(S(=O)(=O)c2ccc(F)cc2)CC1. The first-order valence-corrected chi connectivity index (χ1v) is 10.5. The van der Waals surface area contributed by atoms with Crippen molar-refractivity contribution in [2.24, 2.45) is 5.92 Å². The van der Waals surface area contributed by atoms with Gasteiger partial charge in [-0.15, -0.1) is 0 Å². The van der Waals surface area contributed by atoms with Gasteiger partial charge < -0.3 is 4.90 Å². The Morgan fingerprint density at radius 2 is 1.50 bits per heavy atom. The Hall–Kier alpha value is -2.32. The Morgan fingerprint density at radius 1 is 1.00 bits per heavy atom. The van der Waals surface area contributed by atoms with Crippen molar-refractivity contribution in [2.75, 3.05) is 20.1 Å². The number of benzene rings is 2. The fourth-order valence-electron chi connectivity index (χ4n) is 3.35. The number of carbonyl (C=O) groups is 1. The number of hydrogen-bond donors (Lipinski definition) is 0. The van der Waals surface area contributed by atoms with Crippen molar-refractivity contribution >= 4 is 15.9 Å². The standard InChI is InChI=1S/C20H22F2N2O3S/c1-23(14-15-2-4-17(21)5-3-15)20(25)16-10-12-24(13-11-16)28(26,27)19-8-6-18(22)7-9-19/h2-9,16H,10-14H2,1H3. The summed E-state index contributed by atoms with van der Waals surface area (Å²) in [5.41, 5.74) is 0.827. The van der Waals surface area contributed by atoms with E-state index in [0.717, 1.165) is 17.7 Å². The Balaban J connectivity index is 1.58. The highest BCUT2D eigenvalue weighted by Gasteiger charge is 2.33. The summed E-state index contributed by atoms with van der Waals surface area (Å²) >= 11 is 0. The molecule has 150 valence electrons. The van der Waals surface area contributed by atoms with Gasteiger partial charge in [-0.05, 0) is 54.8 Å². The van der Waals surface area contributed by atoms with Crippen molar-refractivity contribution in [2.45, 2.75) is 24.3 Å². The lowest BCUT2D eigenvalue weighted by molar-refractivity contribution is -0.135. The zero-order valence-corrected chi connectivity index (χ0v) is 16.3. The molecule has 8 heteroatoms. The summed E-state index contributed by atoms with van der Waals surface area (Å²) in [6.45, 7) is 0.841. The lowest BCUT2D eigenvalue weighted by Gasteiger charge is -2.32. The lowest BCUT2D eigenvalue weighted by Crippen LogP contribution is -2.43. The Bertz CT molecular complexity index is 923. The van der Waals surface area contributed by atoms with Gasteiger partial charge in [0, 0.05) is 32.6 Å². The molecule has 1 heterocycles. The normalized spacial score (nSPS) is 16.1. The molecule has 0 saturated carbocycles. The molecular weight excluding hydrogens is 386 g/mol. The molecule has 0 bridgehead atoms. The van der Waals surface area contributed by atoms with E-state index in [1.165, 1.54) is 28.6 Å². The van der Waals surface area contributed by atoms with E-state index in [2.05, 4.69) is 0 Å². The molecule has 1 fully saturated rings. The predicted molar refractivity (Wildman–Crippen MR) is 101 cm³/mol. The summed E-state index contributed by atoms with van der Waals surface area (Å²) in [5, 5.41) is 0. The van der Waals surface area contributed by atoms with Crippen LogP contribution in [0.3, 0.4) is 0 Å². The molecule has 2 aromatic rings. The highest BCUT2D eigenvalue weighted by molar-refractivity contribution is 7.89. The molecule has 2 aromatic carbocycles.